The average Bonchev–Trinajstić information content (AvgIpc) is 2.72. The molecule has 0 aliphatic carbocycles. The lowest BCUT2D eigenvalue weighted by Crippen LogP contribution is -2.43. The maximum absolute atomic E-state index is 12.5. The highest BCUT2D eigenvalue weighted by atomic mass is 16.5. The Morgan fingerprint density at radius 2 is 1.90 bits per heavy atom. The quantitative estimate of drug-likeness (QED) is 0.381. The van der Waals surface area contributed by atoms with Crippen LogP contribution in [0.4, 0.5) is 10.5 Å². The minimum Gasteiger partial charge on any atom is -0.378 e. The van der Waals surface area contributed by atoms with Crippen molar-refractivity contribution in [1.29, 1.82) is 0 Å². The molecule has 1 saturated heterocycles. The van der Waals surface area contributed by atoms with Gasteiger partial charge in [0.05, 0.1) is 6.10 Å². The summed E-state index contributed by atoms with van der Waals surface area (Å²) in [6.07, 6.45) is 9.96. The highest BCUT2D eigenvalue weighted by Gasteiger charge is 2.23. The number of hydrogen-bond donors (Lipinski definition) is 2. The van der Waals surface area contributed by atoms with Gasteiger partial charge in [0.15, 0.2) is 0 Å². The summed E-state index contributed by atoms with van der Waals surface area (Å²) in [5.74, 6) is 0. The molecule has 1 aliphatic rings. The van der Waals surface area contributed by atoms with Gasteiger partial charge in [-0.25, -0.2) is 4.79 Å². The van der Waals surface area contributed by atoms with E-state index in [2.05, 4.69) is 31.1 Å². The fourth-order valence-electron chi connectivity index (χ4n) is 3.53. The third kappa shape index (κ3) is 9.01. The molecule has 1 heterocycles. The Balaban J connectivity index is 1.52. The number of piperidine rings is 1. The molecule has 5 nitrogen and oxygen atoms in total. The van der Waals surface area contributed by atoms with Crippen molar-refractivity contribution in [2.75, 3.05) is 38.1 Å². The Hall–Kier alpha value is -1.85. The number of unbranched alkanes of at least 4 members (excludes halogenated alkanes) is 3. The molecule has 2 rings (SSSR count). The van der Waals surface area contributed by atoms with E-state index in [9.17, 15) is 4.79 Å². The first-order valence-corrected chi connectivity index (χ1v) is 11.2. The summed E-state index contributed by atoms with van der Waals surface area (Å²) >= 11 is 0. The molecule has 0 spiro atoms. The normalized spacial score (nSPS) is 14.8. The van der Waals surface area contributed by atoms with Gasteiger partial charge in [0.25, 0.3) is 0 Å². The largest absolute Gasteiger partial charge is 0.378 e. The number of amides is 2. The van der Waals surface area contributed by atoms with Gasteiger partial charge in [0.2, 0.25) is 0 Å². The number of anilines is 1. The molecule has 1 aliphatic heterocycles. The lowest BCUT2D eigenvalue weighted by molar-refractivity contribution is 0.0141. The molecule has 0 aromatic heterocycles. The topological polar surface area (TPSA) is 53.6 Å². The molecule has 0 atom stereocenters. The van der Waals surface area contributed by atoms with Crippen molar-refractivity contribution in [1.82, 2.24) is 10.2 Å². The summed E-state index contributed by atoms with van der Waals surface area (Å²) in [6.45, 7) is 12.4. The highest BCUT2D eigenvalue weighted by molar-refractivity contribution is 5.89. The zero-order valence-corrected chi connectivity index (χ0v) is 18.3. The van der Waals surface area contributed by atoms with Crippen LogP contribution in [0.1, 0.15) is 56.1 Å². The fourth-order valence-corrected chi connectivity index (χ4v) is 3.53. The molecule has 29 heavy (non-hydrogen) atoms. The Morgan fingerprint density at radius 3 is 2.62 bits per heavy atom. The smallest absolute Gasteiger partial charge is 0.321 e. The van der Waals surface area contributed by atoms with Crippen molar-refractivity contribution in [3.8, 4) is 0 Å². The number of likely N-dealkylation sites (tertiary alicyclic amines) is 1. The number of benzene rings is 1. The molecule has 1 aromatic rings. The van der Waals surface area contributed by atoms with E-state index >= 15 is 0 Å². The van der Waals surface area contributed by atoms with E-state index in [0.29, 0.717) is 6.10 Å². The SMILES string of the molecule is C=CCCNCCCCCCOC1CCN(C(=O)Nc2ccc(C)c(C)c2)CC1. The van der Waals surface area contributed by atoms with Gasteiger partial charge in [0.1, 0.15) is 0 Å². The summed E-state index contributed by atoms with van der Waals surface area (Å²) in [6, 6.07) is 6.03. The minimum absolute atomic E-state index is 0.00611. The van der Waals surface area contributed by atoms with Crippen LogP contribution in [0.2, 0.25) is 0 Å². The number of rotatable bonds is 12. The van der Waals surface area contributed by atoms with Crippen LogP contribution in [0.3, 0.4) is 0 Å². The van der Waals surface area contributed by atoms with E-state index in [1.165, 1.54) is 30.4 Å². The predicted molar refractivity (Wildman–Crippen MR) is 122 cm³/mol. The van der Waals surface area contributed by atoms with Crippen molar-refractivity contribution in [2.24, 2.45) is 0 Å². The van der Waals surface area contributed by atoms with Gasteiger partial charge in [0, 0.05) is 25.4 Å². The molecule has 5 heteroatoms. The van der Waals surface area contributed by atoms with Crippen molar-refractivity contribution < 1.29 is 9.53 Å². The van der Waals surface area contributed by atoms with Gasteiger partial charge in [-0.2, -0.15) is 0 Å². The second-order valence-corrected chi connectivity index (χ2v) is 8.03. The Labute approximate surface area is 176 Å². The lowest BCUT2D eigenvalue weighted by Gasteiger charge is -2.32. The van der Waals surface area contributed by atoms with Gasteiger partial charge in [-0.1, -0.05) is 25.0 Å². The van der Waals surface area contributed by atoms with Crippen LogP contribution < -0.4 is 10.6 Å². The number of carbonyl (C=O) groups is 1. The number of nitrogens with one attached hydrogen (secondary N) is 2. The predicted octanol–water partition coefficient (Wildman–Crippen LogP) is 5.04. The fraction of sp³-hybridized carbons (Fsp3) is 0.625. The van der Waals surface area contributed by atoms with Crippen LogP contribution in [0.15, 0.2) is 30.9 Å². The van der Waals surface area contributed by atoms with Crippen molar-refractivity contribution in [3.63, 3.8) is 0 Å². The number of carbonyl (C=O) groups excluding carboxylic acids is 1. The highest BCUT2D eigenvalue weighted by Crippen LogP contribution is 2.18. The third-order valence-corrected chi connectivity index (χ3v) is 5.61. The van der Waals surface area contributed by atoms with E-state index < -0.39 is 0 Å². The molecule has 2 N–H and O–H groups in total. The average molecular weight is 402 g/mol. The summed E-state index contributed by atoms with van der Waals surface area (Å²) in [5.41, 5.74) is 3.30. The summed E-state index contributed by atoms with van der Waals surface area (Å²) in [4.78, 5) is 14.4. The first-order valence-electron chi connectivity index (χ1n) is 11.2. The lowest BCUT2D eigenvalue weighted by atomic mass is 10.1. The molecule has 1 fully saturated rings. The van der Waals surface area contributed by atoms with Crippen molar-refractivity contribution in [3.05, 3.63) is 42.0 Å². The second-order valence-electron chi connectivity index (χ2n) is 8.03. The van der Waals surface area contributed by atoms with Crippen LogP contribution in [0.25, 0.3) is 0 Å². The van der Waals surface area contributed by atoms with E-state index in [4.69, 9.17) is 4.74 Å². The van der Waals surface area contributed by atoms with E-state index in [1.807, 2.05) is 29.2 Å². The van der Waals surface area contributed by atoms with Crippen LogP contribution >= 0.6 is 0 Å². The molecule has 0 radical (unpaired) electrons. The maximum Gasteiger partial charge on any atom is 0.321 e. The number of urea groups is 1. The van der Waals surface area contributed by atoms with E-state index in [1.54, 1.807) is 0 Å². The van der Waals surface area contributed by atoms with E-state index in [0.717, 1.165) is 64.2 Å². The Bertz CT molecular complexity index is 625. The summed E-state index contributed by atoms with van der Waals surface area (Å²) < 4.78 is 6.03. The number of aryl methyl sites for hydroxylation is 2. The number of ether oxygens (including phenoxy) is 1. The molecule has 162 valence electrons. The molecule has 1 aromatic carbocycles. The molecular formula is C24H39N3O2. The standard InChI is InChI=1S/C24H39N3O2/c1-4-5-14-25-15-8-6-7-9-18-29-23-12-16-27(17-13-23)24(28)26-22-11-10-20(2)21(3)19-22/h4,10-11,19,23,25H,1,5-9,12-18H2,2-3H3,(H,26,28). The van der Waals surface area contributed by atoms with Crippen molar-refractivity contribution in [2.45, 2.75) is 64.9 Å². The van der Waals surface area contributed by atoms with Crippen LogP contribution in [-0.4, -0.2) is 49.8 Å². The van der Waals surface area contributed by atoms with E-state index in [-0.39, 0.29) is 6.03 Å². The first-order chi connectivity index (χ1) is 14.1. The number of nitrogens with zero attached hydrogens (tertiary/aromatic N) is 1. The summed E-state index contributed by atoms with van der Waals surface area (Å²) in [7, 11) is 0. The summed E-state index contributed by atoms with van der Waals surface area (Å²) in [5, 5.41) is 6.44. The van der Waals surface area contributed by atoms with Crippen LogP contribution in [0, 0.1) is 13.8 Å². The molecule has 2 amide bonds. The van der Waals surface area contributed by atoms with Gasteiger partial charge >= 0.3 is 6.03 Å². The van der Waals surface area contributed by atoms with Gasteiger partial charge in [-0.15, -0.1) is 6.58 Å². The van der Waals surface area contributed by atoms with Crippen LogP contribution in [-0.2, 0) is 4.74 Å². The second kappa shape index (κ2) is 13.4. The van der Waals surface area contributed by atoms with Gasteiger partial charge in [-0.05, 0) is 82.3 Å². The molecule has 0 bridgehead atoms. The van der Waals surface area contributed by atoms with Gasteiger partial charge < -0.3 is 20.3 Å². The maximum atomic E-state index is 12.5. The zero-order chi connectivity index (χ0) is 20.9. The first kappa shape index (κ1) is 23.4. The Kier molecular flexibility index (Phi) is 10.8. The molecule has 0 saturated carbocycles. The monoisotopic (exact) mass is 401 g/mol. The zero-order valence-electron chi connectivity index (χ0n) is 18.3. The van der Waals surface area contributed by atoms with Crippen LogP contribution in [0.5, 0.6) is 0 Å². The van der Waals surface area contributed by atoms with Gasteiger partial charge in [-0.3, -0.25) is 0 Å². The Morgan fingerprint density at radius 1 is 1.14 bits per heavy atom. The molecular weight excluding hydrogens is 362 g/mol. The third-order valence-electron chi connectivity index (χ3n) is 5.61. The number of hydrogen-bond acceptors (Lipinski definition) is 3. The molecule has 0 unspecified atom stereocenters. The van der Waals surface area contributed by atoms with Crippen molar-refractivity contribution >= 4 is 11.7 Å². The minimum atomic E-state index is -0.00611.